The van der Waals surface area contributed by atoms with E-state index in [1.807, 2.05) is 38.3 Å². The van der Waals surface area contributed by atoms with Gasteiger partial charge < -0.3 is 10.5 Å². The molecule has 0 saturated carbocycles. The number of nitrogens with two attached hydrogens (primary N) is 1. The molecule has 2 aromatic rings. The van der Waals surface area contributed by atoms with Crippen LogP contribution in [0.25, 0.3) is 10.4 Å². The molecule has 3 nitrogen and oxygen atoms in total. The van der Waals surface area contributed by atoms with Crippen molar-refractivity contribution in [2.45, 2.75) is 26.4 Å². The van der Waals surface area contributed by atoms with E-state index >= 15 is 0 Å². The van der Waals surface area contributed by atoms with E-state index in [0.717, 1.165) is 14.2 Å². The first kappa shape index (κ1) is 14.6. The summed E-state index contributed by atoms with van der Waals surface area (Å²) in [6.07, 6.45) is 0. The van der Waals surface area contributed by atoms with Gasteiger partial charge in [0.05, 0.1) is 9.47 Å². The third-order valence-corrected chi connectivity index (χ3v) is 4.88. The molecule has 0 amide bonds. The predicted octanol–water partition coefficient (Wildman–Crippen LogP) is 4.78. The second-order valence-corrected chi connectivity index (χ2v) is 8.38. The smallest absolute Gasteiger partial charge is 0.350 e. The summed E-state index contributed by atoms with van der Waals surface area (Å²) in [4.78, 5) is 13.5. The van der Waals surface area contributed by atoms with Crippen LogP contribution < -0.4 is 5.73 Å². The fourth-order valence-electron chi connectivity index (χ4n) is 1.47. The molecule has 0 fully saturated rings. The zero-order chi connectivity index (χ0) is 14.2. The highest BCUT2D eigenvalue weighted by Gasteiger charge is 2.22. The van der Waals surface area contributed by atoms with E-state index < -0.39 is 5.60 Å². The molecule has 2 N–H and O–H groups in total. The Morgan fingerprint density at radius 3 is 2.58 bits per heavy atom. The highest BCUT2D eigenvalue weighted by molar-refractivity contribution is 9.11. The Morgan fingerprint density at radius 1 is 1.37 bits per heavy atom. The van der Waals surface area contributed by atoms with Crippen LogP contribution in [0.3, 0.4) is 0 Å². The van der Waals surface area contributed by atoms with Crippen LogP contribution in [0.5, 0.6) is 0 Å². The first-order valence-corrected chi connectivity index (χ1v) is 8.12. The van der Waals surface area contributed by atoms with E-state index in [0.29, 0.717) is 10.6 Å². The van der Waals surface area contributed by atoms with Gasteiger partial charge in [-0.1, -0.05) is 0 Å². The van der Waals surface area contributed by atoms with Gasteiger partial charge in [0.15, 0.2) is 0 Å². The molecule has 0 radical (unpaired) electrons. The summed E-state index contributed by atoms with van der Waals surface area (Å²) in [6, 6.07) is 3.83. The lowest BCUT2D eigenvalue weighted by Gasteiger charge is -2.18. The van der Waals surface area contributed by atoms with E-state index in [1.165, 1.54) is 11.3 Å². The maximum absolute atomic E-state index is 12.0. The fourth-order valence-corrected chi connectivity index (χ4v) is 3.65. The van der Waals surface area contributed by atoms with Gasteiger partial charge in [-0.2, -0.15) is 0 Å². The zero-order valence-corrected chi connectivity index (χ0v) is 14.0. The minimum absolute atomic E-state index is 0.365. The largest absolute Gasteiger partial charge is 0.456 e. The number of carbonyl (C=O) groups excluding carboxylic acids is 1. The van der Waals surface area contributed by atoms with Gasteiger partial charge in [-0.25, -0.2) is 4.79 Å². The Hall–Kier alpha value is -0.850. The third-order valence-electron chi connectivity index (χ3n) is 2.20. The summed E-state index contributed by atoms with van der Waals surface area (Å²) in [5.41, 5.74) is 6.92. The van der Waals surface area contributed by atoms with Gasteiger partial charge >= 0.3 is 5.97 Å². The van der Waals surface area contributed by atoms with Gasteiger partial charge in [0, 0.05) is 15.8 Å². The number of thiophene rings is 2. The Labute approximate surface area is 128 Å². The van der Waals surface area contributed by atoms with Crippen LogP contribution in [0.4, 0.5) is 5.69 Å². The molecule has 0 aromatic carbocycles. The van der Waals surface area contributed by atoms with Crippen molar-refractivity contribution >= 4 is 50.3 Å². The van der Waals surface area contributed by atoms with Gasteiger partial charge in [-0.05, 0) is 48.8 Å². The van der Waals surface area contributed by atoms with Crippen LogP contribution in [0.2, 0.25) is 0 Å². The van der Waals surface area contributed by atoms with Crippen LogP contribution in [-0.2, 0) is 4.74 Å². The molecule has 0 saturated heterocycles. The molecule has 0 aliphatic heterocycles. The number of hydrogen-bond donors (Lipinski definition) is 1. The van der Waals surface area contributed by atoms with E-state index in [1.54, 1.807) is 11.3 Å². The number of hydrogen-bond acceptors (Lipinski definition) is 5. The minimum atomic E-state index is -0.515. The Kier molecular flexibility index (Phi) is 4.03. The molecule has 0 spiro atoms. The van der Waals surface area contributed by atoms with Crippen molar-refractivity contribution in [3.8, 4) is 10.4 Å². The predicted molar refractivity (Wildman–Crippen MR) is 84.9 cm³/mol. The quantitative estimate of drug-likeness (QED) is 0.785. The third kappa shape index (κ3) is 3.58. The van der Waals surface area contributed by atoms with Crippen LogP contribution >= 0.6 is 38.6 Å². The molecule has 19 heavy (non-hydrogen) atoms. The lowest BCUT2D eigenvalue weighted by atomic mass is 10.2. The lowest BCUT2D eigenvalue weighted by molar-refractivity contribution is 0.00764. The topological polar surface area (TPSA) is 52.3 Å². The highest BCUT2D eigenvalue weighted by atomic mass is 79.9. The second kappa shape index (κ2) is 5.26. The van der Waals surface area contributed by atoms with Gasteiger partial charge in [0.25, 0.3) is 0 Å². The van der Waals surface area contributed by atoms with Crippen LogP contribution in [0.1, 0.15) is 30.4 Å². The molecule has 2 aromatic heterocycles. The molecule has 0 aliphatic rings. The van der Waals surface area contributed by atoms with Crippen molar-refractivity contribution in [1.82, 2.24) is 0 Å². The number of carbonyl (C=O) groups is 1. The average molecular weight is 360 g/mol. The van der Waals surface area contributed by atoms with Crippen molar-refractivity contribution in [3.63, 3.8) is 0 Å². The molecule has 0 aliphatic carbocycles. The molecule has 6 heteroatoms. The number of halogens is 1. The standard InChI is InChI=1S/C13H14BrNO2S2/c1-13(2,3)17-12(16)11-8(15)5-9(19-11)7-4-10(14)18-6-7/h4-6H,15H2,1-3H3. The zero-order valence-electron chi connectivity index (χ0n) is 10.8. The average Bonchev–Trinajstić information content (AvgIpc) is 2.82. The summed E-state index contributed by atoms with van der Waals surface area (Å²) >= 11 is 6.38. The minimum Gasteiger partial charge on any atom is -0.456 e. The maximum Gasteiger partial charge on any atom is 0.350 e. The number of ether oxygens (including phenoxy) is 1. The lowest BCUT2D eigenvalue weighted by Crippen LogP contribution is -2.23. The van der Waals surface area contributed by atoms with Crippen LogP contribution in [0, 0.1) is 0 Å². The normalized spacial score (nSPS) is 11.6. The van der Waals surface area contributed by atoms with Crippen molar-refractivity contribution < 1.29 is 9.53 Å². The summed E-state index contributed by atoms with van der Waals surface area (Å²) in [7, 11) is 0. The number of esters is 1. The Bertz CT molecular complexity index is 610. The summed E-state index contributed by atoms with van der Waals surface area (Å²) in [6.45, 7) is 5.52. The van der Waals surface area contributed by atoms with Crippen LogP contribution in [0.15, 0.2) is 21.3 Å². The van der Waals surface area contributed by atoms with Gasteiger partial charge in [0.1, 0.15) is 10.5 Å². The molecular formula is C13H14BrNO2S2. The maximum atomic E-state index is 12.0. The molecular weight excluding hydrogens is 346 g/mol. The summed E-state index contributed by atoms with van der Waals surface area (Å²) in [5, 5.41) is 2.02. The summed E-state index contributed by atoms with van der Waals surface area (Å²) in [5.74, 6) is -0.365. The monoisotopic (exact) mass is 359 g/mol. The fraction of sp³-hybridized carbons (Fsp3) is 0.308. The molecule has 2 rings (SSSR count). The van der Waals surface area contributed by atoms with Gasteiger partial charge in [0.2, 0.25) is 0 Å². The van der Waals surface area contributed by atoms with Gasteiger partial charge in [-0.15, -0.1) is 22.7 Å². The van der Waals surface area contributed by atoms with Gasteiger partial charge in [-0.3, -0.25) is 0 Å². The molecule has 0 unspecified atom stereocenters. The van der Waals surface area contributed by atoms with Crippen molar-refractivity contribution in [2.24, 2.45) is 0 Å². The first-order chi connectivity index (χ1) is 8.76. The molecule has 0 bridgehead atoms. The van der Waals surface area contributed by atoms with Crippen molar-refractivity contribution in [1.29, 1.82) is 0 Å². The number of anilines is 1. The second-order valence-electron chi connectivity index (χ2n) is 5.04. The van der Waals surface area contributed by atoms with Crippen LogP contribution in [-0.4, -0.2) is 11.6 Å². The van der Waals surface area contributed by atoms with E-state index in [2.05, 4.69) is 15.9 Å². The molecule has 102 valence electrons. The van der Waals surface area contributed by atoms with Crippen molar-refractivity contribution in [3.05, 3.63) is 26.2 Å². The Balaban J connectivity index is 2.29. The number of nitrogen functional groups attached to an aromatic ring is 1. The van der Waals surface area contributed by atoms with E-state index in [9.17, 15) is 4.79 Å². The van der Waals surface area contributed by atoms with Crippen molar-refractivity contribution in [2.75, 3.05) is 5.73 Å². The SMILES string of the molecule is CC(C)(C)OC(=O)c1sc(-c2csc(Br)c2)cc1N. The summed E-state index contributed by atoms with van der Waals surface area (Å²) < 4.78 is 6.39. The molecule has 2 heterocycles. The first-order valence-electron chi connectivity index (χ1n) is 5.63. The number of rotatable bonds is 2. The van der Waals surface area contributed by atoms with E-state index in [4.69, 9.17) is 10.5 Å². The Morgan fingerprint density at radius 2 is 2.05 bits per heavy atom. The highest BCUT2D eigenvalue weighted by Crippen LogP contribution is 2.37. The van der Waals surface area contributed by atoms with E-state index in [-0.39, 0.29) is 5.97 Å². The molecule has 0 atom stereocenters.